The molecule has 128 valence electrons. The van der Waals surface area contributed by atoms with Crippen LogP contribution in [0.15, 0.2) is 12.1 Å². The third-order valence-electron chi connectivity index (χ3n) is 3.49. The maximum Gasteiger partial charge on any atom is 0.511 e. The SMILES string of the molecule is COc1cc2c(cc1OC)C(=O)CN(S(=O)(=O)C(F)(F)F)CC2. The van der Waals surface area contributed by atoms with Crippen LogP contribution in [0.1, 0.15) is 15.9 Å². The largest absolute Gasteiger partial charge is 0.511 e. The van der Waals surface area contributed by atoms with Crippen LogP contribution in [-0.2, 0) is 16.4 Å². The molecule has 0 N–H and O–H groups in total. The van der Waals surface area contributed by atoms with Crippen molar-refractivity contribution in [3.8, 4) is 11.5 Å². The number of hydrogen-bond donors (Lipinski definition) is 0. The Morgan fingerprint density at radius 3 is 2.22 bits per heavy atom. The minimum atomic E-state index is -5.55. The maximum atomic E-state index is 12.7. The van der Waals surface area contributed by atoms with Crippen molar-refractivity contribution in [1.29, 1.82) is 0 Å². The van der Waals surface area contributed by atoms with Gasteiger partial charge in [0.05, 0.1) is 20.8 Å². The van der Waals surface area contributed by atoms with E-state index in [-0.39, 0.29) is 22.0 Å². The Morgan fingerprint density at radius 2 is 1.70 bits per heavy atom. The summed E-state index contributed by atoms with van der Waals surface area (Å²) in [7, 11) is -2.82. The second-order valence-electron chi connectivity index (χ2n) is 4.82. The van der Waals surface area contributed by atoms with Gasteiger partial charge < -0.3 is 9.47 Å². The molecule has 23 heavy (non-hydrogen) atoms. The van der Waals surface area contributed by atoms with Crippen LogP contribution in [0.2, 0.25) is 0 Å². The van der Waals surface area contributed by atoms with E-state index in [0.29, 0.717) is 11.3 Å². The zero-order chi connectivity index (χ0) is 17.4. The van der Waals surface area contributed by atoms with E-state index in [1.54, 1.807) is 0 Å². The summed E-state index contributed by atoms with van der Waals surface area (Å²) in [5, 5.41) is 0. The Kier molecular flexibility index (Phi) is 4.58. The number of nitrogens with zero attached hydrogens (tertiary/aromatic N) is 1. The molecule has 2 rings (SSSR count). The van der Waals surface area contributed by atoms with Gasteiger partial charge >= 0.3 is 15.5 Å². The summed E-state index contributed by atoms with van der Waals surface area (Å²) < 4.78 is 71.3. The second kappa shape index (κ2) is 6.00. The molecular weight excluding hydrogens is 339 g/mol. The molecule has 1 aromatic carbocycles. The van der Waals surface area contributed by atoms with E-state index in [1.807, 2.05) is 0 Å². The van der Waals surface area contributed by atoms with Crippen molar-refractivity contribution in [2.24, 2.45) is 0 Å². The summed E-state index contributed by atoms with van der Waals surface area (Å²) in [6.45, 7) is -1.32. The van der Waals surface area contributed by atoms with Gasteiger partial charge in [-0.3, -0.25) is 4.79 Å². The fourth-order valence-electron chi connectivity index (χ4n) is 2.31. The standard InChI is InChI=1S/C13H14F3NO5S/c1-21-11-5-8-3-4-17(23(19,20)13(14,15)16)7-10(18)9(8)6-12(11)22-2/h5-6H,3-4,7H2,1-2H3. The Morgan fingerprint density at radius 1 is 1.13 bits per heavy atom. The average molecular weight is 353 g/mol. The molecule has 1 heterocycles. The first-order valence-corrected chi connectivity index (χ1v) is 7.90. The van der Waals surface area contributed by atoms with Crippen molar-refractivity contribution >= 4 is 15.8 Å². The van der Waals surface area contributed by atoms with Gasteiger partial charge in [0.1, 0.15) is 0 Å². The van der Waals surface area contributed by atoms with E-state index in [0.717, 1.165) is 0 Å². The molecule has 1 aliphatic rings. The summed E-state index contributed by atoms with van der Waals surface area (Å²) in [4.78, 5) is 12.2. The highest BCUT2D eigenvalue weighted by atomic mass is 32.2. The van der Waals surface area contributed by atoms with E-state index in [1.165, 1.54) is 26.4 Å². The highest BCUT2D eigenvalue weighted by molar-refractivity contribution is 7.90. The van der Waals surface area contributed by atoms with Crippen molar-refractivity contribution in [3.05, 3.63) is 23.3 Å². The minimum Gasteiger partial charge on any atom is -0.493 e. The maximum absolute atomic E-state index is 12.7. The number of fused-ring (bicyclic) bond motifs is 1. The average Bonchev–Trinajstić information content (AvgIpc) is 2.64. The number of hydrogen-bond acceptors (Lipinski definition) is 5. The number of carbonyl (C=O) groups is 1. The van der Waals surface area contributed by atoms with E-state index < -0.39 is 34.4 Å². The molecule has 0 aliphatic carbocycles. The lowest BCUT2D eigenvalue weighted by Gasteiger charge is -2.20. The Hall–Kier alpha value is -1.81. The Bertz CT molecular complexity index is 730. The second-order valence-corrected chi connectivity index (χ2v) is 6.75. The van der Waals surface area contributed by atoms with Crippen molar-refractivity contribution in [3.63, 3.8) is 0 Å². The third-order valence-corrected chi connectivity index (χ3v) is 5.07. The van der Waals surface area contributed by atoms with Crippen LogP contribution < -0.4 is 9.47 Å². The fourth-order valence-corrected chi connectivity index (χ4v) is 3.22. The highest BCUT2D eigenvalue weighted by Crippen LogP contribution is 2.34. The van der Waals surface area contributed by atoms with Gasteiger partial charge in [0, 0.05) is 12.1 Å². The number of halogens is 3. The number of carbonyl (C=O) groups excluding carboxylic acids is 1. The molecular formula is C13H14F3NO5S. The predicted octanol–water partition coefficient (Wildman–Crippen LogP) is 1.59. The van der Waals surface area contributed by atoms with Gasteiger partial charge in [-0.05, 0) is 24.1 Å². The summed E-state index contributed by atoms with van der Waals surface area (Å²) in [6.07, 6.45) is -0.0449. The van der Waals surface area contributed by atoms with E-state index >= 15 is 0 Å². The number of benzene rings is 1. The van der Waals surface area contributed by atoms with Crippen molar-refractivity contribution < 1.29 is 35.9 Å². The summed E-state index contributed by atoms with van der Waals surface area (Å²) in [5.74, 6) is -0.177. The van der Waals surface area contributed by atoms with Gasteiger partial charge in [0.15, 0.2) is 17.3 Å². The zero-order valence-electron chi connectivity index (χ0n) is 12.3. The van der Waals surface area contributed by atoms with Gasteiger partial charge in [0.2, 0.25) is 0 Å². The van der Waals surface area contributed by atoms with Gasteiger partial charge in [0.25, 0.3) is 0 Å². The summed E-state index contributed by atoms with van der Waals surface area (Å²) in [6, 6.07) is 2.82. The molecule has 1 aliphatic heterocycles. The molecule has 0 radical (unpaired) electrons. The number of alkyl halides is 3. The van der Waals surface area contributed by atoms with Crippen molar-refractivity contribution in [2.75, 3.05) is 27.3 Å². The lowest BCUT2D eigenvalue weighted by atomic mass is 10.0. The van der Waals surface area contributed by atoms with Gasteiger partial charge in [-0.25, -0.2) is 8.42 Å². The van der Waals surface area contributed by atoms with Crippen LogP contribution in [0.25, 0.3) is 0 Å². The molecule has 0 saturated carbocycles. The summed E-state index contributed by atoms with van der Waals surface area (Å²) >= 11 is 0. The molecule has 0 saturated heterocycles. The number of Topliss-reactive ketones (excluding diaryl/α,β-unsaturated/α-hetero) is 1. The molecule has 10 heteroatoms. The van der Waals surface area contributed by atoms with Crippen molar-refractivity contribution in [2.45, 2.75) is 11.9 Å². The molecule has 6 nitrogen and oxygen atoms in total. The number of ether oxygens (including phenoxy) is 2. The molecule has 0 amide bonds. The normalized spacial score (nSPS) is 16.7. The van der Waals surface area contributed by atoms with Crippen LogP contribution in [0.3, 0.4) is 0 Å². The molecule has 0 spiro atoms. The molecule has 1 aromatic rings. The number of methoxy groups -OCH3 is 2. The number of rotatable bonds is 3. The highest BCUT2D eigenvalue weighted by Gasteiger charge is 2.50. The van der Waals surface area contributed by atoms with Crippen LogP contribution in [0.5, 0.6) is 11.5 Å². The predicted molar refractivity (Wildman–Crippen MR) is 74.1 cm³/mol. The van der Waals surface area contributed by atoms with Crippen LogP contribution >= 0.6 is 0 Å². The third kappa shape index (κ3) is 3.13. The van der Waals surface area contributed by atoms with Crippen LogP contribution in [0, 0.1) is 0 Å². The lowest BCUT2D eigenvalue weighted by Crippen LogP contribution is -2.43. The summed E-state index contributed by atoms with van der Waals surface area (Å²) in [5.41, 5.74) is -4.91. The topological polar surface area (TPSA) is 72.9 Å². The Labute approximate surface area is 130 Å². The van der Waals surface area contributed by atoms with Gasteiger partial charge in [-0.2, -0.15) is 17.5 Å². The molecule has 0 bridgehead atoms. The van der Waals surface area contributed by atoms with Crippen molar-refractivity contribution in [1.82, 2.24) is 4.31 Å². The quantitative estimate of drug-likeness (QED) is 0.825. The van der Waals surface area contributed by atoms with Crippen LogP contribution in [-0.4, -0.2) is 51.3 Å². The van der Waals surface area contributed by atoms with Crippen LogP contribution in [0.4, 0.5) is 13.2 Å². The first-order chi connectivity index (χ1) is 10.6. The molecule has 0 atom stereocenters. The first kappa shape index (κ1) is 17.5. The van der Waals surface area contributed by atoms with Gasteiger partial charge in [-0.1, -0.05) is 0 Å². The zero-order valence-corrected chi connectivity index (χ0v) is 13.1. The molecule has 0 aromatic heterocycles. The van der Waals surface area contributed by atoms with E-state index in [2.05, 4.69) is 0 Å². The van der Waals surface area contributed by atoms with Gasteiger partial charge in [-0.15, -0.1) is 0 Å². The molecule has 0 fully saturated rings. The van der Waals surface area contributed by atoms with E-state index in [4.69, 9.17) is 9.47 Å². The molecule has 0 unspecified atom stereocenters. The fraction of sp³-hybridized carbons (Fsp3) is 0.462. The lowest BCUT2D eigenvalue weighted by molar-refractivity contribution is -0.0486. The number of ketones is 1. The first-order valence-electron chi connectivity index (χ1n) is 6.46. The number of sulfonamides is 1. The minimum absolute atomic E-state index is 0.0449. The Balaban J connectivity index is 2.43. The smallest absolute Gasteiger partial charge is 0.493 e. The monoisotopic (exact) mass is 353 g/mol. The van der Waals surface area contributed by atoms with E-state index in [9.17, 15) is 26.4 Å².